The third kappa shape index (κ3) is 5.81. The predicted molar refractivity (Wildman–Crippen MR) is 232 cm³/mol. The van der Waals surface area contributed by atoms with E-state index in [-0.39, 0.29) is 0 Å². The summed E-state index contributed by atoms with van der Waals surface area (Å²) in [4.78, 5) is 2.46. The highest BCUT2D eigenvalue weighted by Gasteiger charge is 2.20. The van der Waals surface area contributed by atoms with E-state index in [1.807, 2.05) is 22.7 Å². The Morgan fingerprint density at radius 1 is 0.396 bits per heavy atom. The van der Waals surface area contributed by atoms with E-state index in [2.05, 4.69) is 205 Å². The monoisotopic (exact) mass is 711 g/mol. The van der Waals surface area contributed by atoms with E-state index in [9.17, 15) is 0 Å². The highest BCUT2D eigenvalue weighted by atomic mass is 32.1. The van der Waals surface area contributed by atoms with Crippen LogP contribution in [0.25, 0.3) is 63.1 Å². The Hall–Kier alpha value is -6.26. The molecule has 0 aliphatic carbocycles. The molecule has 0 N–H and O–H groups in total. The van der Waals surface area contributed by atoms with Gasteiger partial charge in [0.2, 0.25) is 0 Å². The van der Waals surface area contributed by atoms with Gasteiger partial charge in [0.05, 0.1) is 5.69 Å². The molecule has 8 aromatic carbocycles. The molecule has 2 heterocycles. The fourth-order valence-electron chi connectivity index (χ4n) is 7.54. The topological polar surface area (TPSA) is 3.24 Å². The standard InChI is InChI=1S/C50H33NS2/c1-4-13-34(14-5-1)31-42(37-17-8-3-9-18-37)38-25-29-48-44(32-38)50-45(20-12-22-49(50)53-48)51(39-26-23-36(24-27-39)35-15-6-2-7-16-35)40-28-30-47-43(33-40)41-19-10-11-21-46(41)52-47/h1-33H. The summed E-state index contributed by atoms with van der Waals surface area (Å²) >= 11 is 3.72. The molecule has 1 nitrogen and oxygen atoms in total. The van der Waals surface area contributed by atoms with Gasteiger partial charge < -0.3 is 4.90 Å². The van der Waals surface area contributed by atoms with Gasteiger partial charge in [-0.3, -0.25) is 0 Å². The lowest BCUT2D eigenvalue weighted by atomic mass is 9.94. The van der Waals surface area contributed by atoms with Crippen molar-refractivity contribution >= 4 is 91.7 Å². The van der Waals surface area contributed by atoms with Crippen LogP contribution in [-0.4, -0.2) is 0 Å². The molecule has 0 amide bonds. The van der Waals surface area contributed by atoms with E-state index in [0.29, 0.717) is 0 Å². The Morgan fingerprint density at radius 3 is 1.81 bits per heavy atom. The maximum atomic E-state index is 2.46. The van der Waals surface area contributed by atoms with Crippen LogP contribution in [0.15, 0.2) is 194 Å². The first-order valence-corrected chi connectivity index (χ1v) is 19.5. The first-order valence-electron chi connectivity index (χ1n) is 17.9. The number of benzene rings is 8. The molecule has 0 unspecified atom stereocenters. The van der Waals surface area contributed by atoms with Gasteiger partial charge >= 0.3 is 0 Å². The van der Waals surface area contributed by atoms with Crippen LogP contribution in [-0.2, 0) is 0 Å². The van der Waals surface area contributed by atoms with Crippen molar-refractivity contribution in [3.63, 3.8) is 0 Å². The molecule has 0 spiro atoms. The fraction of sp³-hybridized carbons (Fsp3) is 0. The van der Waals surface area contributed by atoms with E-state index in [1.165, 1.54) is 79.4 Å². The molecule has 10 rings (SSSR count). The molecule has 0 bridgehead atoms. The maximum absolute atomic E-state index is 2.46. The highest BCUT2D eigenvalue weighted by molar-refractivity contribution is 7.26. The number of fused-ring (bicyclic) bond motifs is 6. The fourth-order valence-corrected chi connectivity index (χ4v) is 9.74. The molecule has 10 aromatic rings. The molecule has 250 valence electrons. The molecular weight excluding hydrogens is 679 g/mol. The minimum absolute atomic E-state index is 1.13. The van der Waals surface area contributed by atoms with Crippen molar-refractivity contribution in [3.05, 3.63) is 211 Å². The van der Waals surface area contributed by atoms with Crippen molar-refractivity contribution in [1.29, 1.82) is 0 Å². The minimum Gasteiger partial charge on any atom is -0.310 e. The largest absolute Gasteiger partial charge is 0.310 e. The number of anilines is 3. The zero-order valence-electron chi connectivity index (χ0n) is 28.8. The van der Waals surface area contributed by atoms with E-state index < -0.39 is 0 Å². The molecule has 0 radical (unpaired) electrons. The van der Waals surface area contributed by atoms with Crippen molar-refractivity contribution in [1.82, 2.24) is 0 Å². The third-order valence-electron chi connectivity index (χ3n) is 10.1. The van der Waals surface area contributed by atoms with E-state index in [0.717, 1.165) is 11.4 Å². The maximum Gasteiger partial charge on any atom is 0.0554 e. The van der Waals surface area contributed by atoms with Crippen LogP contribution in [0, 0.1) is 0 Å². The number of nitrogens with zero attached hydrogens (tertiary/aromatic N) is 1. The summed E-state index contributed by atoms with van der Waals surface area (Å²) < 4.78 is 5.17. The van der Waals surface area contributed by atoms with Crippen LogP contribution in [0.3, 0.4) is 0 Å². The van der Waals surface area contributed by atoms with Gasteiger partial charge in [-0.15, -0.1) is 22.7 Å². The molecule has 3 heteroatoms. The molecule has 2 aromatic heterocycles. The summed E-state index contributed by atoms with van der Waals surface area (Å²) in [5.41, 5.74) is 10.7. The Morgan fingerprint density at radius 2 is 1.00 bits per heavy atom. The number of thiophene rings is 2. The van der Waals surface area contributed by atoms with Crippen LogP contribution in [0.5, 0.6) is 0 Å². The van der Waals surface area contributed by atoms with Crippen LogP contribution < -0.4 is 4.90 Å². The summed E-state index contributed by atoms with van der Waals surface area (Å²) in [5.74, 6) is 0. The average molecular weight is 712 g/mol. The van der Waals surface area contributed by atoms with Crippen LogP contribution >= 0.6 is 22.7 Å². The first kappa shape index (κ1) is 31.5. The molecule has 0 aliphatic rings. The second-order valence-electron chi connectivity index (χ2n) is 13.3. The van der Waals surface area contributed by atoms with Crippen molar-refractivity contribution < 1.29 is 0 Å². The summed E-state index contributed by atoms with van der Waals surface area (Å²) in [5, 5.41) is 5.12. The number of hydrogen-bond donors (Lipinski definition) is 0. The van der Waals surface area contributed by atoms with Gasteiger partial charge in [-0.05, 0) is 100 Å². The molecule has 0 fully saturated rings. The van der Waals surface area contributed by atoms with E-state index in [4.69, 9.17) is 0 Å². The molecule has 0 aliphatic heterocycles. The van der Waals surface area contributed by atoms with Gasteiger partial charge in [0.25, 0.3) is 0 Å². The van der Waals surface area contributed by atoms with Gasteiger partial charge in [0.15, 0.2) is 0 Å². The normalized spacial score (nSPS) is 11.9. The van der Waals surface area contributed by atoms with Crippen molar-refractivity contribution in [2.45, 2.75) is 0 Å². The van der Waals surface area contributed by atoms with Gasteiger partial charge in [-0.2, -0.15) is 0 Å². The van der Waals surface area contributed by atoms with Crippen molar-refractivity contribution in [2.75, 3.05) is 4.90 Å². The zero-order chi connectivity index (χ0) is 35.1. The van der Waals surface area contributed by atoms with Gasteiger partial charge in [-0.1, -0.05) is 133 Å². The summed E-state index contributed by atoms with van der Waals surface area (Å²) in [6.45, 7) is 0. The Balaban J connectivity index is 1.20. The quantitative estimate of drug-likeness (QED) is 0.149. The Kier molecular flexibility index (Phi) is 7.94. The summed E-state index contributed by atoms with van der Waals surface area (Å²) in [6.07, 6.45) is 2.31. The van der Waals surface area contributed by atoms with E-state index >= 15 is 0 Å². The SMILES string of the molecule is C(=C(c1ccccc1)c1ccc2sc3cccc(N(c4ccc(-c5ccccc5)cc4)c4ccc5sc6ccccc6c5c4)c3c2c1)c1ccccc1. The van der Waals surface area contributed by atoms with Crippen LogP contribution in [0.1, 0.15) is 16.7 Å². The molecule has 53 heavy (non-hydrogen) atoms. The molecule has 0 saturated heterocycles. The molecule has 0 saturated carbocycles. The summed E-state index contributed by atoms with van der Waals surface area (Å²) in [6, 6.07) is 70.6. The third-order valence-corrected chi connectivity index (χ3v) is 12.4. The van der Waals surface area contributed by atoms with Gasteiger partial charge in [-0.25, -0.2) is 0 Å². The second-order valence-corrected chi connectivity index (χ2v) is 15.5. The van der Waals surface area contributed by atoms with Crippen molar-refractivity contribution in [3.8, 4) is 11.1 Å². The predicted octanol–water partition coefficient (Wildman–Crippen LogP) is 15.1. The Bertz CT molecular complexity index is 2920. The average Bonchev–Trinajstić information content (AvgIpc) is 3.80. The van der Waals surface area contributed by atoms with Gasteiger partial charge in [0, 0.05) is 51.7 Å². The first-order chi connectivity index (χ1) is 26.3. The lowest BCUT2D eigenvalue weighted by Gasteiger charge is -2.27. The van der Waals surface area contributed by atoms with Crippen LogP contribution in [0.2, 0.25) is 0 Å². The highest BCUT2D eigenvalue weighted by Crippen LogP contribution is 2.47. The number of rotatable bonds is 7. The molecule has 0 atom stereocenters. The Labute approximate surface area is 317 Å². The zero-order valence-corrected chi connectivity index (χ0v) is 30.4. The number of hydrogen-bond acceptors (Lipinski definition) is 3. The molecular formula is C50H33NS2. The van der Waals surface area contributed by atoms with Gasteiger partial charge in [0.1, 0.15) is 0 Å². The van der Waals surface area contributed by atoms with Crippen molar-refractivity contribution in [2.24, 2.45) is 0 Å². The lowest BCUT2D eigenvalue weighted by molar-refractivity contribution is 1.31. The summed E-state index contributed by atoms with van der Waals surface area (Å²) in [7, 11) is 0. The van der Waals surface area contributed by atoms with Crippen LogP contribution in [0.4, 0.5) is 17.1 Å². The lowest BCUT2D eigenvalue weighted by Crippen LogP contribution is -2.10. The van der Waals surface area contributed by atoms with E-state index in [1.54, 1.807) is 0 Å². The second kappa shape index (κ2) is 13.4. The smallest absolute Gasteiger partial charge is 0.0554 e. The minimum atomic E-state index is 1.13.